The number of hydrogen-bond donors (Lipinski definition) is 1. The molecule has 0 saturated carbocycles. The van der Waals surface area contributed by atoms with Crippen molar-refractivity contribution < 1.29 is 13.5 Å². The summed E-state index contributed by atoms with van der Waals surface area (Å²) in [6.45, 7) is 2.24. The fourth-order valence-corrected chi connectivity index (χ4v) is 4.19. The minimum atomic E-state index is -3.46. The number of hydrogen-bond acceptors (Lipinski definition) is 3. The minimum Gasteiger partial charge on any atom is -0.392 e. The van der Waals surface area contributed by atoms with Gasteiger partial charge in [-0.25, -0.2) is 8.42 Å². The Kier molecular flexibility index (Phi) is 3.51. The van der Waals surface area contributed by atoms with Crippen LogP contribution in [0.15, 0.2) is 29.2 Å². The largest absolute Gasteiger partial charge is 0.392 e. The summed E-state index contributed by atoms with van der Waals surface area (Å²) in [5.74, 6) is 0. The molecule has 4 nitrogen and oxygen atoms in total. The maximum atomic E-state index is 12.4. The van der Waals surface area contributed by atoms with E-state index in [0.717, 1.165) is 12.8 Å². The fourth-order valence-electron chi connectivity index (χ4n) is 2.28. The van der Waals surface area contributed by atoms with Crippen molar-refractivity contribution in [3.8, 4) is 0 Å². The summed E-state index contributed by atoms with van der Waals surface area (Å²) < 4.78 is 26.4. The first-order chi connectivity index (χ1) is 8.07. The highest BCUT2D eigenvalue weighted by atomic mass is 32.2. The lowest BCUT2D eigenvalue weighted by Crippen LogP contribution is -2.34. The van der Waals surface area contributed by atoms with Crippen LogP contribution in [-0.4, -0.2) is 30.4 Å². The first-order valence-corrected chi connectivity index (χ1v) is 7.22. The third kappa shape index (κ3) is 2.22. The van der Waals surface area contributed by atoms with Crippen LogP contribution in [0.4, 0.5) is 0 Å². The van der Waals surface area contributed by atoms with E-state index in [2.05, 4.69) is 0 Å². The second-order valence-corrected chi connectivity index (χ2v) is 6.23. The van der Waals surface area contributed by atoms with Gasteiger partial charge >= 0.3 is 0 Å². The van der Waals surface area contributed by atoms with Gasteiger partial charge in [-0.2, -0.15) is 4.31 Å². The topological polar surface area (TPSA) is 57.6 Å². The van der Waals surface area contributed by atoms with Crippen LogP contribution in [0.5, 0.6) is 0 Å². The average Bonchev–Trinajstić information content (AvgIpc) is 2.76. The van der Waals surface area contributed by atoms with Gasteiger partial charge in [0.15, 0.2) is 0 Å². The summed E-state index contributed by atoms with van der Waals surface area (Å²) in [7, 11) is -3.46. The second kappa shape index (κ2) is 4.76. The van der Waals surface area contributed by atoms with Gasteiger partial charge in [0.1, 0.15) is 0 Å². The van der Waals surface area contributed by atoms with Gasteiger partial charge in [0, 0.05) is 12.6 Å². The molecule has 0 aromatic heterocycles. The van der Waals surface area contributed by atoms with Crippen molar-refractivity contribution in [2.45, 2.75) is 37.3 Å². The number of aliphatic hydroxyl groups is 1. The summed E-state index contributed by atoms with van der Waals surface area (Å²) in [5, 5.41) is 9.21. The zero-order valence-corrected chi connectivity index (χ0v) is 10.7. The average molecular weight is 255 g/mol. The van der Waals surface area contributed by atoms with Gasteiger partial charge in [-0.05, 0) is 31.4 Å². The lowest BCUT2D eigenvalue weighted by molar-refractivity contribution is 0.278. The van der Waals surface area contributed by atoms with E-state index >= 15 is 0 Å². The van der Waals surface area contributed by atoms with Gasteiger partial charge in [-0.3, -0.25) is 0 Å². The van der Waals surface area contributed by atoms with Crippen molar-refractivity contribution in [2.75, 3.05) is 6.54 Å². The Labute approximate surface area is 102 Å². The molecule has 0 aliphatic carbocycles. The number of rotatable bonds is 3. The van der Waals surface area contributed by atoms with Gasteiger partial charge in [-0.1, -0.05) is 18.2 Å². The molecule has 5 heteroatoms. The minimum absolute atomic E-state index is 0.0479. The zero-order valence-electron chi connectivity index (χ0n) is 9.83. The molecule has 0 spiro atoms. The van der Waals surface area contributed by atoms with E-state index in [4.69, 9.17) is 0 Å². The Morgan fingerprint density at radius 3 is 2.71 bits per heavy atom. The van der Waals surface area contributed by atoms with Crippen LogP contribution in [0.1, 0.15) is 25.3 Å². The van der Waals surface area contributed by atoms with E-state index in [1.807, 2.05) is 6.92 Å². The smallest absolute Gasteiger partial charge is 0.243 e. The van der Waals surface area contributed by atoms with Crippen LogP contribution in [-0.2, 0) is 16.6 Å². The Balaban J connectivity index is 2.44. The normalized spacial score (nSPS) is 21.9. The van der Waals surface area contributed by atoms with Crippen LogP contribution < -0.4 is 0 Å². The van der Waals surface area contributed by atoms with E-state index in [1.165, 1.54) is 4.31 Å². The van der Waals surface area contributed by atoms with Gasteiger partial charge < -0.3 is 5.11 Å². The third-order valence-electron chi connectivity index (χ3n) is 3.22. The van der Waals surface area contributed by atoms with Crippen LogP contribution in [0.3, 0.4) is 0 Å². The molecule has 1 atom stereocenters. The Hall–Kier alpha value is -0.910. The molecular formula is C12H17NO3S. The molecule has 1 aliphatic heterocycles. The van der Waals surface area contributed by atoms with Gasteiger partial charge in [0.25, 0.3) is 0 Å². The number of aliphatic hydroxyl groups excluding tert-OH is 1. The molecule has 2 rings (SSSR count). The first-order valence-electron chi connectivity index (χ1n) is 5.78. The summed E-state index contributed by atoms with van der Waals surface area (Å²) in [6, 6.07) is 6.68. The number of benzene rings is 1. The molecule has 1 unspecified atom stereocenters. The highest BCUT2D eigenvalue weighted by Gasteiger charge is 2.33. The molecule has 0 radical (unpaired) electrons. The van der Waals surface area contributed by atoms with Crippen LogP contribution >= 0.6 is 0 Å². The number of sulfonamides is 1. The number of nitrogens with zero attached hydrogens (tertiary/aromatic N) is 1. The quantitative estimate of drug-likeness (QED) is 0.887. The highest BCUT2D eigenvalue weighted by molar-refractivity contribution is 7.89. The van der Waals surface area contributed by atoms with Crippen LogP contribution in [0.25, 0.3) is 0 Å². The lowest BCUT2D eigenvalue weighted by Gasteiger charge is -2.22. The molecule has 0 amide bonds. The molecule has 1 aromatic rings. The summed E-state index contributed by atoms with van der Waals surface area (Å²) in [4.78, 5) is 0.233. The molecule has 17 heavy (non-hydrogen) atoms. The van der Waals surface area contributed by atoms with Crippen LogP contribution in [0.2, 0.25) is 0 Å². The standard InChI is InChI=1S/C12H17NO3S/c1-10-5-4-8-13(10)17(15,16)12-7-3-2-6-11(12)9-14/h2-3,6-7,10,14H,4-5,8-9H2,1H3. The SMILES string of the molecule is CC1CCCN1S(=O)(=O)c1ccccc1CO. The molecule has 1 saturated heterocycles. The lowest BCUT2D eigenvalue weighted by atomic mass is 10.2. The fraction of sp³-hybridized carbons (Fsp3) is 0.500. The second-order valence-electron chi connectivity index (χ2n) is 4.37. The van der Waals surface area contributed by atoms with Crippen molar-refractivity contribution in [2.24, 2.45) is 0 Å². The summed E-state index contributed by atoms with van der Waals surface area (Å²) in [6.07, 6.45) is 1.81. The predicted molar refractivity (Wildman–Crippen MR) is 65.0 cm³/mol. The van der Waals surface area contributed by atoms with Gasteiger partial charge in [0.2, 0.25) is 10.0 Å². The van der Waals surface area contributed by atoms with Crippen molar-refractivity contribution >= 4 is 10.0 Å². The molecule has 94 valence electrons. The Morgan fingerprint density at radius 1 is 1.41 bits per heavy atom. The zero-order chi connectivity index (χ0) is 12.5. The van der Waals surface area contributed by atoms with E-state index in [9.17, 15) is 13.5 Å². The van der Waals surface area contributed by atoms with Crippen molar-refractivity contribution in [3.05, 3.63) is 29.8 Å². The van der Waals surface area contributed by atoms with Gasteiger partial charge in [-0.15, -0.1) is 0 Å². The molecule has 1 N–H and O–H groups in total. The highest BCUT2D eigenvalue weighted by Crippen LogP contribution is 2.27. The molecule has 1 aliphatic rings. The van der Waals surface area contributed by atoms with Crippen LogP contribution in [0, 0.1) is 0 Å². The predicted octanol–water partition coefficient (Wildman–Crippen LogP) is 1.35. The van der Waals surface area contributed by atoms with E-state index in [1.54, 1.807) is 24.3 Å². The van der Waals surface area contributed by atoms with E-state index < -0.39 is 10.0 Å². The molecule has 0 bridgehead atoms. The third-order valence-corrected chi connectivity index (χ3v) is 5.34. The maximum Gasteiger partial charge on any atom is 0.243 e. The monoisotopic (exact) mass is 255 g/mol. The van der Waals surface area contributed by atoms with Crippen molar-refractivity contribution in [3.63, 3.8) is 0 Å². The van der Waals surface area contributed by atoms with E-state index in [-0.39, 0.29) is 17.5 Å². The molecule has 1 aromatic carbocycles. The Bertz CT molecular complexity index is 498. The van der Waals surface area contributed by atoms with Crippen molar-refractivity contribution in [1.29, 1.82) is 0 Å². The Morgan fingerprint density at radius 2 is 2.12 bits per heavy atom. The van der Waals surface area contributed by atoms with E-state index in [0.29, 0.717) is 12.1 Å². The maximum absolute atomic E-state index is 12.4. The molecule has 1 heterocycles. The summed E-state index contributed by atoms with van der Waals surface area (Å²) in [5.41, 5.74) is 0.464. The molecular weight excluding hydrogens is 238 g/mol. The molecule has 1 fully saturated rings. The van der Waals surface area contributed by atoms with Crippen molar-refractivity contribution in [1.82, 2.24) is 4.31 Å². The summed E-state index contributed by atoms with van der Waals surface area (Å²) >= 11 is 0. The first kappa shape index (κ1) is 12.5. The van der Waals surface area contributed by atoms with Gasteiger partial charge in [0.05, 0.1) is 11.5 Å².